The van der Waals surface area contributed by atoms with Gasteiger partial charge >= 0.3 is 0 Å². The molecule has 0 atom stereocenters. The van der Waals surface area contributed by atoms with E-state index in [1.54, 1.807) is 12.1 Å². The fourth-order valence-electron chi connectivity index (χ4n) is 10.8. The molecule has 4 aliphatic rings. The number of unbranched alkanes of at least 4 members (excludes halogenated alkanes) is 3. The van der Waals surface area contributed by atoms with Crippen molar-refractivity contribution in [2.24, 2.45) is 47.3 Å². The summed E-state index contributed by atoms with van der Waals surface area (Å²) in [4.78, 5) is 0. The first kappa shape index (κ1) is 48.9. The van der Waals surface area contributed by atoms with Crippen molar-refractivity contribution < 1.29 is 27.0 Å². The van der Waals surface area contributed by atoms with E-state index >= 15 is 0 Å². The van der Waals surface area contributed by atoms with Crippen LogP contribution in [0.5, 0.6) is 11.5 Å². The zero-order valence-corrected chi connectivity index (χ0v) is 38.3. The summed E-state index contributed by atoms with van der Waals surface area (Å²) in [5, 5.41) is 0. The van der Waals surface area contributed by atoms with Gasteiger partial charge in [0.25, 0.3) is 0 Å². The molecule has 4 fully saturated rings. The molecule has 2 aromatic rings. The summed E-state index contributed by atoms with van der Waals surface area (Å²) in [6.45, 7) is 9.19. The molecule has 6 heteroatoms. The lowest BCUT2D eigenvalue weighted by atomic mass is 9.69. The highest BCUT2D eigenvalue weighted by atomic mass is 19.2. The van der Waals surface area contributed by atoms with E-state index in [1.807, 2.05) is 13.8 Å². The molecule has 0 unspecified atom stereocenters. The lowest BCUT2D eigenvalue weighted by Crippen LogP contribution is -2.25. The van der Waals surface area contributed by atoms with Crippen LogP contribution in [-0.2, 0) is 0 Å². The molecule has 0 radical (unpaired) electrons. The molecular weight excluding hydrogens is 769 g/mol. The van der Waals surface area contributed by atoms with Crippen molar-refractivity contribution in [2.45, 2.75) is 188 Å². The molecule has 2 aromatic carbocycles. The summed E-state index contributed by atoms with van der Waals surface area (Å²) in [6, 6.07) is 6.07. The number of hydrogen-bond donors (Lipinski definition) is 0. The molecule has 4 aliphatic carbocycles. The zero-order valence-electron chi connectivity index (χ0n) is 38.3. The van der Waals surface area contributed by atoms with Crippen molar-refractivity contribution in [2.75, 3.05) is 13.2 Å². The van der Waals surface area contributed by atoms with Crippen LogP contribution in [0.4, 0.5) is 17.6 Å². The number of rotatable bonds is 15. The third-order valence-corrected chi connectivity index (χ3v) is 14.7. The largest absolute Gasteiger partial charge is 0.490 e. The molecule has 4 saturated carbocycles. The Kier molecular flexibility index (Phi) is 21.2. The lowest BCUT2D eigenvalue weighted by molar-refractivity contribution is 0.153. The smallest absolute Gasteiger partial charge is 0.201 e. The maximum atomic E-state index is 14.3. The average Bonchev–Trinajstić information content (AvgIpc) is 3.30. The Morgan fingerprint density at radius 2 is 0.787 bits per heavy atom. The van der Waals surface area contributed by atoms with Crippen LogP contribution in [0.15, 0.2) is 24.3 Å². The van der Waals surface area contributed by atoms with Gasteiger partial charge in [0, 0.05) is 11.8 Å². The van der Waals surface area contributed by atoms with Gasteiger partial charge in [0.1, 0.15) is 0 Å². The summed E-state index contributed by atoms with van der Waals surface area (Å²) in [7, 11) is 0. The molecule has 0 spiro atoms. The van der Waals surface area contributed by atoms with Gasteiger partial charge in [0.15, 0.2) is 23.1 Å². The van der Waals surface area contributed by atoms with Gasteiger partial charge < -0.3 is 9.47 Å². The minimum absolute atomic E-state index is 0.0227. The van der Waals surface area contributed by atoms with Crippen LogP contribution in [-0.4, -0.2) is 13.2 Å². The van der Waals surface area contributed by atoms with Crippen LogP contribution in [0, 0.1) is 94.3 Å². The molecule has 0 amide bonds. The maximum Gasteiger partial charge on any atom is 0.201 e. The van der Waals surface area contributed by atoms with Gasteiger partial charge in [-0.15, -0.1) is 0 Å². The first-order valence-electron chi connectivity index (χ1n) is 25.0. The Morgan fingerprint density at radius 3 is 1.15 bits per heavy atom. The SMILES string of the molecule is CCCCC1CCC(C2CCC(C#Cc3ccc(OCCC)c(F)c3F)CC2)CC1.CCCCCC1CCC(C2CCC(C#Cc3ccc(OCCC)c(F)c3F)CC2)CC1. The molecule has 0 saturated heterocycles. The van der Waals surface area contributed by atoms with Crippen LogP contribution in [0.25, 0.3) is 0 Å². The Balaban J connectivity index is 0.000000231. The van der Waals surface area contributed by atoms with E-state index < -0.39 is 23.3 Å². The molecule has 0 N–H and O–H groups in total. The third kappa shape index (κ3) is 15.3. The van der Waals surface area contributed by atoms with Gasteiger partial charge in [-0.25, -0.2) is 8.78 Å². The van der Waals surface area contributed by atoms with E-state index in [9.17, 15) is 17.6 Å². The second kappa shape index (κ2) is 26.5. The van der Waals surface area contributed by atoms with Crippen LogP contribution in [0.1, 0.15) is 199 Å². The Morgan fingerprint density at radius 1 is 0.426 bits per heavy atom. The van der Waals surface area contributed by atoms with Crippen LogP contribution < -0.4 is 9.47 Å². The fraction of sp³-hybridized carbons (Fsp3) is 0.709. The normalized spacial score (nSPS) is 26.4. The fourth-order valence-corrected chi connectivity index (χ4v) is 10.8. The Hall–Kier alpha value is -3.12. The molecule has 61 heavy (non-hydrogen) atoms. The summed E-state index contributed by atoms with van der Waals surface area (Å²) in [5.74, 6) is 14.7. The average molecular weight is 847 g/mol. The van der Waals surface area contributed by atoms with Crippen LogP contribution in [0.3, 0.4) is 0 Å². The highest BCUT2D eigenvalue weighted by molar-refractivity contribution is 5.42. The van der Waals surface area contributed by atoms with E-state index in [0.717, 1.165) is 74.0 Å². The van der Waals surface area contributed by atoms with Crippen molar-refractivity contribution in [3.8, 4) is 35.2 Å². The van der Waals surface area contributed by atoms with Gasteiger partial charge in [0.2, 0.25) is 11.6 Å². The molecule has 0 aliphatic heterocycles. The molecule has 6 rings (SSSR count). The summed E-state index contributed by atoms with van der Waals surface area (Å²) in [5.41, 5.74) is 0.286. The standard InChI is InChI=1S/C28H40F2O.C27H38F2O/c1-3-5-6-7-21-8-13-23(14-9-21)24-15-10-22(11-16-24)12-17-25-18-19-26(31-20-4-2)28(30)27(25)29;1-3-5-6-20-7-12-22(13-8-20)23-14-9-21(10-15-23)11-16-24-17-18-25(30-19-4-2)27(29)26(24)28/h18-19,21-24H,3-11,13-16,20H2,1-2H3;17-18,20-23H,3-10,12-15,19H2,1-2H3. The van der Waals surface area contributed by atoms with Crippen molar-refractivity contribution in [1.29, 1.82) is 0 Å². The van der Waals surface area contributed by atoms with E-state index in [4.69, 9.17) is 9.47 Å². The lowest BCUT2D eigenvalue weighted by Gasteiger charge is -2.37. The predicted molar refractivity (Wildman–Crippen MR) is 244 cm³/mol. The quantitative estimate of drug-likeness (QED) is 0.101. The Bertz CT molecular complexity index is 1700. The summed E-state index contributed by atoms with van der Waals surface area (Å²) >= 11 is 0. The highest BCUT2D eigenvalue weighted by Crippen LogP contribution is 2.44. The van der Waals surface area contributed by atoms with Crippen molar-refractivity contribution in [3.05, 3.63) is 58.7 Å². The van der Waals surface area contributed by atoms with Gasteiger partial charge in [0.05, 0.1) is 24.3 Å². The van der Waals surface area contributed by atoms with Crippen molar-refractivity contribution in [1.82, 2.24) is 0 Å². The van der Waals surface area contributed by atoms with Crippen LogP contribution >= 0.6 is 0 Å². The minimum Gasteiger partial charge on any atom is -0.490 e. The van der Waals surface area contributed by atoms with Crippen molar-refractivity contribution in [3.63, 3.8) is 0 Å². The van der Waals surface area contributed by atoms with Crippen molar-refractivity contribution >= 4 is 0 Å². The van der Waals surface area contributed by atoms with E-state index in [-0.39, 0.29) is 22.6 Å². The predicted octanol–water partition coefficient (Wildman–Crippen LogP) is 16.2. The van der Waals surface area contributed by atoms with E-state index in [2.05, 4.69) is 37.5 Å². The minimum atomic E-state index is -0.923. The van der Waals surface area contributed by atoms with E-state index in [1.165, 1.54) is 134 Å². The topological polar surface area (TPSA) is 18.5 Å². The first-order valence-corrected chi connectivity index (χ1v) is 25.0. The number of halogens is 4. The molecule has 0 heterocycles. The number of hydrogen-bond acceptors (Lipinski definition) is 2. The Labute approximate surface area is 368 Å². The second-order valence-electron chi connectivity index (χ2n) is 19.1. The first-order chi connectivity index (χ1) is 29.7. The molecular formula is C55H78F4O2. The van der Waals surface area contributed by atoms with Gasteiger partial charge in [-0.2, -0.15) is 8.78 Å². The van der Waals surface area contributed by atoms with E-state index in [0.29, 0.717) is 25.0 Å². The number of benzene rings is 2. The monoisotopic (exact) mass is 847 g/mol. The third-order valence-electron chi connectivity index (χ3n) is 14.7. The zero-order chi connectivity index (χ0) is 43.4. The molecule has 2 nitrogen and oxygen atoms in total. The van der Waals surface area contributed by atoms with Gasteiger partial charge in [-0.3, -0.25) is 0 Å². The number of ether oxygens (including phenoxy) is 2. The molecule has 338 valence electrons. The van der Waals surface area contributed by atoms with Crippen LogP contribution in [0.2, 0.25) is 0 Å². The van der Waals surface area contributed by atoms with Gasteiger partial charge in [-0.1, -0.05) is 122 Å². The maximum absolute atomic E-state index is 14.3. The van der Waals surface area contributed by atoms with Gasteiger partial charge in [-0.05, 0) is 150 Å². The summed E-state index contributed by atoms with van der Waals surface area (Å²) < 4.78 is 67.4. The molecule has 0 aromatic heterocycles. The molecule has 0 bridgehead atoms. The summed E-state index contributed by atoms with van der Waals surface area (Å²) in [6.07, 6.45) is 31.9. The highest BCUT2D eigenvalue weighted by Gasteiger charge is 2.32. The second-order valence-corrected chi connectivity index (χ2v) is 19.1.